The molecule has 1 fully saturated rings. The molecule has 0 aromatic heterocycles. The van der Waals surface area contributed by atoms with Crippen molar-refractivity contribution in [2.45, 2.75) is 37.6 Å². The van der Waals surface area contributed by atoms with E-state index in [0.717, 1.165) is 0 Å². The molecule has 1 saturated carbocycles. The lowest BCUT2D eigenvalue weighted by atomic mass is 9.92. The Labute approximate surface area is 90.4 Å². The minimum absolute atomic E-state index is 0.0276. The highest BCUT2D eigenvalue weighted by Crippen LogP contribution is 2.38. The molecule has 0 heterocycles. The van der Waals surface area contributed by atoms with E-state index in [0.29, 0.717) is 12.8 Å². The van der Waals surface area contributed by atoms with Crippen LogP contribution < -0.4 is 0 Å². The Hall–Kier alpha value is 0.870. The third-order valence-corrected chi connectivity index (χ3v) is 4.46. The Balaban J connectivity index is 2.32. The van der Waals surface area contributed by atoms with Crippen molar-refractivity contribution in [3.63, 3.8) is 0 Å². The zero-order chi connectivity index (χ0) is 9.90. The first-order valence-electron chi connectivity index (χ1n) is 4.14. The predicted octanol–water partition coefficient (Wildman–Crippen LogP) is 3.64. The van der Waals surface area contributed by atoms with Crippen LogP contribution in [0.1, 0.15) is 25.7 Å². The van der Waals surface area contributed by atoms with Crippen LogP contribution in [0.3, 0.4) is 0 Å². The highest BCUT2D eigenvalue weighted by atomic mass is 33.5. The summed E-state index contributed by atoms with van der Waals surface area (Å²) >= 11 is 4.00. The van der Waals surface area contributed by atoms with E-state index in [4.69, 9.17) is 0 Å². The highest BCUT2D eigenvalue weighted by Gasteiger charge is 2.36. The third kappa shape index (κ3) is 3.85. The fraction of sp³-hybridized carbons (Fsp3) is 1.00. The molecule has 0 aromatic carbocycles. The zero-order valence-corrected chi connectivity index (χ0v) is 9.90. The number of halogens is 2. The van der Waals surface area contributed by atoms with Crippen LogP contribution >= 0.6 is 32.5 Å². The summed E-state index contributed by atoms with van der Waals surface area (Å²) in [5.74, 6) is -2.42. The standard InChI is InChI=1S/C7H13F2NS3/c1-10(12-13-11)6-2-4-7(8,9)5-3-6/h6,11H,2-5H2,1H3. The number of alkyl halides is 2. The summed E-state index contributed by atoms with van der Waals surface area (Å²) in [6.07, 6.45) is 1.23. The van der Waals surface area contributed by atoms with E-state index in [1.54, 1.807) is 0 Å². The quantitative estimate of drug-likeness (QED) is 0.460. The van der Waals surface area contributed by atoms with Crippen LogP contribution in [0.5, 0.6) is 0 Å². The molecule has 1 nitrogen and oxygen atoms in total. The average molecular weight is 245 g/mol. The molecule has 13 heavy (non-hydrogen) atoms. The van der Waals surface area contributed by atoms with Crippen LogP contribution in [0.25, 0.3) is 0 Å². The number of rotatable bonds is 3. The maximum Gasteiger partial charge on any atom is 0.248 e. The second-order valence-corrected chi connectivity index (χ2v) is 6.39. The summed E-state index contributed by atoms with van der Waals surface area (Å²) in [4.78, 5) is 0. The van der Waals surface area contributed by atoms with Gasteiger partial charge in [-0.2, -0.15) is 0 Å². The predicted molar refractivity (Wildman–Crippen MR) is 59.1 cm³/mol. The molecule has 0 N–H and O–H groups in total. The van der Waals surface area contributed by atoms with Crippen LogP contribution in [0.2, 0.25) is 0 Å². The molecule has 1 rings (SSSR count). The van der Waals surface area contributed by atoms with Crippen molar-refractivity contribution >= 4 is 32.5 Å². The van der Waals surface area contributed by atoms with Crippen molar-refractivity contribution in [2.24, 2.45) is 0 Å². The van der Waals surface area contributed by atoms with Gasteiger partial charge in [0.1, 0.15) is 0 Å². The fourth-order valence-electron chi connectivity index (χ4n) is 1.50. The summed E-state index contributed by atoms with van der Waals surface area (Å²) in [5.41, 5.74) is 0. The summed E-state index contributed by atoms with van der Waals surface area (Å²) in [7, 11) is 4.79. The topological polar surface area (TPSA) is 3.24 Å². The van der Waals surface area contributed by atoms with E-state index in [1.807, 2.05) is 11.4 Å². The Morgan fingerprint density at radius 3 is 2.38 bits per heavy atom. The van der Waals surface area contributed by atoms with Gasteiger partial charge in [0.05, 0.1) is 0 Å². The van der Waals surface area contributed by atoms with Gasteiger partial charge in [-0.15, -0.1) is 0 Å². The molecule has 1 aliphatic carbocycles. The molecule has 78 valence electrons. The van der Waals surface area contributed by atoms with Gasteiger partial charge in [0, 0.05) is 29.9 Å². The Bertz CT molecular complexity index is 158. The van der Waals surface area contributed by atoms with Gasteiger partial charge in [-0.1, -0.05) is 11.7 Å². The van der Waals surface area contributed by atoms with E-state index in [-0.39, 0.29) is 18.9 Å². The lowest BCUT2D eigenvalue weighted by Crippen LogP contribution is -2.34. The molecule has 1 aliphatic rings. The van der Waals surface area contributed by atoms with Crippen molar-refractivity contribution in [3.8, 4) is 0 Å². The van der Waals surface area contributed by atoms with E-state index in [9.17, 15) is 8.78 Å². The van der Waals surface area contributed by atoms with Gasteiger partial charge >= 0.3 is 0 Å². The van der Waals surface area contributed by atoms with Crippen LogP contribution in [-0.2, 0) is 0 Å². The van der Waals surface area contributed by atoms with Gasteiger partial charge in [-0.25, -0.2) is 13.1 Å². The first kappa shape index (κ1) is 11.9. The first-order chi connectivity index (χ1) is 6.05. The number of hydrogen-bond acceptors (Lipinski definition) is 4. The van der Waals surface area contributed by atoms with Gasteiger partial charge in [0.2, 0.25) is 5.92 Å². The molecule has 0 amide bonds. The van der Waals surface area contributed by atoms with E-state index in [1.165, 1.54) is 20.8 Å². The monoisotopic (exact) mass is 245 g/mol. The smallest absolute Gasteiger partial charge is 0.241 e. The van der Waals surface area contributed by atoms with Crippen molar-refractivity contribution in [1.29, 1.82) is 0 Å². The molecule has 0 aliphatic heterocycles. The summed E-state index contributed by atoms with van der Waals surface area (Å²) in [6, 6.07) is 0.282. The third-order valence-electron chi connectivity index (χ3n) is 2.35. The molecule has 0 aromatic rings. The Morgan fingerprint density at radius 2 is 1.92 bits per heavy atom. The maximum absolute atomic E-state index is 12.8. The minimum atomic E-state index is -2.42. The van der Waals surface area contributed by atoms with Gasteiger partial charge in [0.15, 0.2) is 0 Å². The summed E-state index contributed by atoms with van der Waals surface area (Å²) < 4.78 is 27.6. The molecular formula is C7H13F2NS3. The van der Waals surface area contributed by atoms with E-state index < -0.39 is 5.92 Å². The largest absolute Gasteiger partial charge is 0.248 e. The Kier molecular flexibility index (Phi) is 4.68. The minimum Gasteiger partial charge on any atom is -0.241 e. The molecule has 0 spiro atoms. The molecular weight excluding hydrogens is 232 g/mol. The van der Waals surface area contributed by atoms with Gasteiger partial charge in [-0.3, -0.25) is 0 Å². The Morgan fingerprint density at radius 1 is 1.38 bits per heavy atom. The number of thiol groups is 1. The molecule has 0 bridgehead atoms. The molecule has 6 heteroatoms. The summed E-state index contributed by atoms with van der Waals surface area (Å²) in [6.45, 7) is 0. The SMILES string of the molecule is CN(SSS)C1CCC(F)(F)CC1. The normalized spacial score (nSPS) is 23.8. The maximum atomic E-state index is 12.8. The summed E-state index contributed by atoms with van der Waals surface area (Å²) in [5, 5.41) is 0. The molecule has 0 saturated heterocycles. The van der Waals surface area contributed by atoms with Crippen molar-refractivity contribution in [1.82, 2.24) is 4.31 Å². The second kappa shape index (κ2) is 5.09. The van der Waals surface area contributed by atoms with Crippen molar-refractivity contribution in [2.75, 3.05) is 7.05 Å². The first-order valence-corrected chi connectivity index (χ1v) is 7.30. The van der Waals surface area contributed by atoms with Crippen molar-refractivity contribution < 1.29 is 8.78 Å². The zero-order valence-electron chi connectivity index (χ0n) is 7.37. The molecule has 0 unspecified atom stereocenters. The van der Waals surface area contributed by atoms with Gasteiger partial charge in [-0.05, 0) is 29.7 Å². The van der Waals surface area contributed by atoms with Crippen molar-refractivity contribution in [3.05, 3.63) is 0 Å². The fourth-order valence-corrected chi connectivity index (χ4v) is 3.57. The molecule has 0 radical (unpaired) electrons. The van der Waals surface area contributed by atoms with E-state index >= 15 is 0 Å². The van der Waals surface area contributed by atoms with Gasteiger partial charge in [0.25, 0.3) is 0 Å². The number of hydrogen-bond donors (Lipinski definition) is 1. The number of nitrogens with zero attached hydrogens (tertiary/aromatic N) is 1. The van der Waals surface area contributed by atoms with Crippen LogP contribution in [0.4, 0.5) is 8.78 Å². The lowest BCUT2D eigenvalue weighted by molar-refractivity contribution is -0.0446. The average Bonchev–Trinajstić information content (AvgIpc) is 2.04. The highest BCUT2D eigenvalue weighted by molar-refractivity contribution is 9.04. The van der Waals surface area contributed by atoms with Crippen LogP contribution in [0.15, 0.2) is 0 Å². The van der Waals surface area contributed by atoms with Gasteiger partial charge < -0.3 is 0 Å². The second-order valence-electron chi connectivity index (χ2n) is 3.28. The molecule has 0 atom stereocenters. The lowest BCUT2D eigenvalue weighted by Gasteiger charge is -2.32. The van der Waals surface area contributed by atoms with Crippen LogP contribution in [0, 0.1) is 0 Å². The van der Waals surface area contributed by atoms with E-state index in [2.05, 4.69) is 11.7 Å². The van der Waals surface area contributed by atoms with Crippen LogP contribution in [-0.4, -0.2) is 23.3 Å².